The number of fused-ring (bicyclic) bond motifs is 1. The lowest BCUT2D eigenvalue weighted by molar-refractivity contribution is -0.142. The Morgan fingerprint density at radius 3 is 2.82 bits per heavy atom. The van der Waals surface area contributed by atoms with E-state index in [1.165, 1.54) is 6.92 Å². The number of aryl methyl sites for hydroxylation is 1. The molecule has 0 amide bonds. The molecule has 5 heteroatoms. The molecule has 0 unspecified atom stereocenters. The average Bonchev–Trinajstić information content (AvgIpc) is 2.91. The number of H-pyrrole nitrogens is 1. The van der Waals surface area contributed by atoms with Crippen molar-refractivity contribution in [3.63, 3.8) is 0 Å². The van der Waals surface area contributed by atoms with Crippen molar-refractivity contribution in [1.29, 1.82) is 0 Å². The van der Waals surface area contributed by atoms with E-state index in [1.54, 1.807) is 6.07 Å². The number of carbonyl (C=O) groups excluding carboxylic acids is 1. The summed E-state index contributed by atoms with van der Waals surface area (Å²) in [5.74, 6) is 0.281. The largest absolute Gasteiger partial charge is 0.507 e. The molecule has 0 aliphatic rings. The van der Waals surface area contributed by atoms with E-state index in [0.717, 1.165) is 16.6 Å². The van der Waals surface area contributed by atoms with Crippen LogP contribution in [0.5, 0.6) is 5.75 Å². The number of rotatable bonds is 3. The van der Waals surface area contributed by atoms with Gasteiger partial charge in [0.1, 0.15) is 18.2 Å². The molecule has 22 heavy (non-hydrogen) atoms. The van der Waals surface area contributed by atoms with Crippen molar-refractivity contribution in [3.8, 4) is 17.1 Å². The SMILES string of the molecule is CC(=O)OCc1cc(C)cc(-c2nc3ccccc3[nH]2)c1O. The molecule has 0 spiro atoms. The molecular weight excluding hydrogens is 280 g/mol. The second kappa shape index (κ2) is 5.52. The first kappa shape index (κ1) is 14.1. The van der Waals surface area contributed by atoms with Crippen LogP contribution in [0.3, 0.4) is 0 Å². The fourth-order valence-corrected chi connectivity index (χ4v) is 2.40. The first-order valence-electron chi connectivity index (χ1n) is 6.95. The molecule has 1 heterocycles. The number of hydrogen-bond acceptors (Lipinski definition) is 4. The zero-order chi connectivity index (χ0) is 15.7. The number of nitrogens with one attached hydrogen (secondary N) is 1. The van der Waals surface area contributed by atoms with Crippen LogP contribution in [0.2, 0.25) is 0 Å². The van der Waals surface area contributed by atoms with Crippen LogP contribution in [0.4, 0.5) is 0 Å². The second-order valence-electron chi connectivity index (χ2n) is 5.20. The van der Waals surface area contributed by atoms with Gasteiger partial charge >= 0.3 is 5.97 Å². The third-order valence-corrected chi connectivity index (χ3v) is 3.41. The number of para-hydroxylation sites is 2. The minimum Gasteiger partial charge on any atom is -0.507 e. The molecule has 2 N–H and O–H groups in total. The van der Waals surface area contributed by atoms with E-state index in [9.17, 15) is 9.90 Å². The summed E-state index contributed by atoms with van der Waals surface area (Å²) in [6, 6.07) is 11.3. The number of aromatic nitrogens is 2. The number of aromatic hydroxyl groups is 1. The van der Waals surface area contributed by atoms with Crippen molar-refractivity contribution in [2.75, 3.05) is 0 Å². The van der Waals surface area contributed by atoms with Crippen LogP contribution in [0.1, 0.15) is 18.1 Å². The Balaban J connectivity index is 2.07. The molecule has 0 radical (unpaired) electrons. The van der Waals surface area contributed by atoms with E-state index in [4.69, 9.17) is 4.74 Å². The number of ether oxygens (including phenoxy) is 1. The number of phenolic OH excluding ortho intramolecular Hbond substituents is 1. The van der Waals surface area contributed by atoms with Gasteiger partial charge in [0.15, 0.2) is 0 Å². The van der Waals surface area contributed by atoms with Crippen LogP contribution in [-0.2, 0) is 16.1 Å². The normalized spacial score (nSPS) is 10.8. The van der Waals surface area contributed by atoms with Crippen molar-refractivity contribution in [3.05, 3.63) is 47.5 Å². The van der Waals surface area contributed by atoms with Crippen LogP contribution in [0.15, 0.2) is 36.4 Å². The van der Waals surface area contributed by atoms with Crippen molar-refractivity contribution in [2.24, 2.45) is 0 Å². The van der Waals surface area contributed by atoms with E-state index >= 15 is 0 Å². The lowest BCUT2D eigenvalue weighted by atomic mass is 10.0. The highest BCUT2D eigenvalue weighted by atomic mass is 16.5. The Morgan fingerprint density at radius 2 is 2.09 bits per heavy atom. The third kappa shape index (κ3) is 2.65. The van der Waals surface area contributed by atoms with Gasteiger partial charge in [-0.15, -0.1) is 0 Å². The summed E-state index contributed by atoms with van der Waals surface area (Å²) >= 11 is 0. The van der Waals surface area contributed by atoms with E-state index in [-0.39, 0.29) is 18.3 Å². The number of benzene rings is 2. The molecular formula is C17H16N2O3. The van der Waals surface area contributed by atoms with Gasteiger partial charge in [-0.3, -0.25) is 4.79 Å². The van der Waals surface area contributed by atoms with Gasteiger partial charge in [-0.2, -0.15) is 0 Å². The van der Waals surface area contributed by atoms with E-state index in [2.05, 4.69) is 9.97 Å². The summed E-state index contributed by atoms with van der Waals surface area (Å²) in [5, 5.41) is 10.5. The molecule has 0 aliphatic carbocycles. The summed E-state index contributed by atoms with van der Waals surface area (Å²) in [6.07, 6.45) is 0. The molecule has 3 aromatic rings. The van der Waals surface area contributed by atoms with Gasteiger partial charge in [-0.1, -0.05) is 12.1 Å². The first-order valence-corrected chi connectivity index (χ1v) is 6.95. The van der Waals surface area contributed by atoms with Crippen LogP contribution in [0.25, 0.3) is 22.4 Å². The maximum Gasteiger partial charge on any atom is 0.302 e. The minimum absolute atomic E-state index is 0.0378. The van der Waals surface area contributed by atoms with Crippen LogP contribution >= 0.6 is 0 Å². The highest BCUT2D eigenvalue weighted by Gasteiger charge is 2.14. The van der Waals surface area contributed by atoms with Crippen molar-refractivity contribution >= 4 is 17.0 Å². The minimum atomic E-state index is -0.383. The monoisotopic (exact) mass is 296 g/mol. The summed E-state index contributed by atoms with van der Waals surface area (Å²) in [5.41, 5.74) is 3.85. The van der Waals surface area contributed by atoms with Gasteiger partial charge in [-0.25, -0.2) is 4.98 Å². The predicted molar refractivity (Wildman–Crippen MR) is 83.4 cm³/mol. The Kier molecular flexibility index (Phi) is 3.55. The number of aromatic amines is 1. The van der Waals surface area contributed by atoms with Gasteiger partial charge in [0.2, 0.25) is 0 Å². The summed E-state index contributed by atoms with van der Waals surface area (Å²) in [7, 11) is 0. The third-order valence-electron chi connectivity index (χ3n) is 3.41. The molecule has 1 aromatic heterocycles. The Morgan fingerprint density at radius 1 is 1.32 bits per heavy atom. The molecule has 0 atom stereocenters. The average molecular weight is 296 g/mol. The predicted octanol–water partition coefficient (Wildman–Crippen LogP) is 3.31. The molecule has 0 saturated heterocycles. The highest BCUT2D eigenvalue weighted by molar-refractivity contribution is 5.81. The van der Waals surface area contributed by atoms with Crippen LogP contribution in [0, 0.1) is 6.92 Å². The topological polar surface area (TPSA) is 75.2 Å². The Labute approximate surface area is 127 Å². The lowest BCUT2D eigenvalue weighted by Gasteiger charge is -2.10. The van der Waals surface area contributed by atoms with E-state index in [0.29, 0.717) is 17.0 Å². The number of phenols is 1. The zero-order valence-corrected chi connectivity index (χ0v) is 12.4. The lowest BCUT2D eigenvalue weighted by Crippen LogP contribution is -2.00. The quantitative estimate of drug-likeness (QED) is 0.727. The fourth-order valence-electron chi connectivity index (χ4n) is 2.40. The van der Waals surface area contributed by atoms with E-state index in [1.807, 2.05) is 37.3 Å². The van der Waals surface area contributed by atoms with Gasteiger partial charge in [0.25, 0.3) is 0 Å². The van der Waals surface area contributed by atoms with Gasteiger partial charge in [0, 0.05) is 12.5 Å². The van der Waals surface area contributed by atoms with E-state index < -0.39 is 0 Å². The van der Waals surface area contributed by atoms with Gasteiger partial charge in [-0.05, 0) is 36.8 Å². The van der Waals surface area contributed by atoms with Gasteiger partial charge in [0.05, 0.1) is 16.6 Å². The van der Waals surface area contributed by atoms with Crippen molar-refractivity contribution in [1.82, 2.24) is 9.97 Å². The molecule has 0 saturated carbocycles. The molecule has 2 aromatic carbocycles. The number of nitrogens with zero attached hydrogens (tertiary/aromatic N) is 1. The zero-order valence-electron chi connectivity index (χ0n) is 12.4. The van der Waals surface area contributed by atoms with Crippen LogP contribution in [-0.4, -0.2) is 21.0 Å². The summed E-state index contributed by atoms with van der Waals surface area (Å²) in [4.78, 5) is 18.7. The molecule has 0 bridgehead atoms. The molecule has 3 rings (SSSR count). The smallest absolute Gasteiger partial charge is 0.302 e. The first-order chi connectivity index (χ1) is 10.5. The number of esters is 1. The summed E-state index contributed by atoms with van der Waals surface area (Å²) in [6.45, 7) is 3.30. The number of imidazole rings is 1. The number of carbonyl (C=O) groups is 1. The molecule has 5 nitrogen and oxygen atoms in total. The van der Waals surface area contributed by atoms with Crippen molar-refractivity contribution < 1.29 is 14.6 Å². The number of hydrogen-bond donors (Lipinski definition) is 2. The summed E-state index contributed by atoms with van der Waals surface area (Å²) < 4.78 is 4.98. The maximum absolute atomic E-state index is 11.0. The van der Waals surface area contributed by atoms with Crippen molar-refractivity contribution in [2.45, 2.75) is 20.5 Å². The fraction of sp³-hybridized carbons (Fsp3) is 0.176. The Bertz CT molecular complexity index is 819. The Hall–Kier alpha value is -2.82. The molecule has 112 valence electrons. The highest BCUT2D eigenvalue weighted by Crippen LogP contribution is 2.33. The maximum atomic E-state index is 11.0. The molecule has 0 fully saturated rings. The van der Waals surface area contributed by atoms with Crippen LogP contribution < -0.4 is 0 Å². The van der Waals surface area contributed by atoms with Gasteiger partial charge < -0.3 is 14.8 Å². The molecule has 0 aliphatic heterocycles. The standard InChI is InChI=1S/C17H16N2O3/c1-10-7-12(9-22-11(2)20)16(21)13(8-10)17-18-14-5-3-4-6-15(14)19-17/h3-8,21H,9H2,1-2H3,(H,18,19). The second-order valence-corrected chi connectivity index (χ2v) is 5.20.